The Morgan fingerprint density at radius 2 is 2.00 bits per heavy atom. The number of aromatic nitrogens is 1. The highest BCUT2D eigenvalue weighted by atomic mass is 16.2. The van der Waals surface area contributed by atoms with Gasteiger partial charge in [-0.2, -0.15) is 0 Å². The zero-order valence-corrected chi connectivity index (χ0v) is 14.8. The predicted octanol–water partition coefficient (Wildman–Crippen LogP) is 1.61. The number of H-pyrrole nitrogens is 1. The molecule has 0 unspecified atom stereocenters. The van der Waals surface area contributed by atoms with Gasteiger partial charge in [0.2, 0.25) is 0 Å². The molecule has 1 amide bonds. The Hall–Kier alpha value is -1.81. The zero-order valence-electron chi connectivity index (χ0n) is 14.8. The molecule has 1 aromatic heterocycles. The Morgan fingerprint density at radius 3 is 2.79 bits per heavy atom. The van der Waals surface area contributed by atoms with Gasteiger partial charge in [0.05, 0.1) is 13.1 Å². The van der Waals surface area contributed by atoms with Gasteiger partial charge in [0.1, 0.15) is 0 Å². The van der Waals surface area contributed by atoms with E-state index in [4.69, 9.17) is 0 Å². The lowest BCUT2D eigenvalue weighted by atomic mass is 9.92. The molecule has 1 saturated heterocycles. The highest BCUT2D eigenvalue weighted by molar-refractivity contribution is 5.86. The molecule has 3 heterocycles. The van der Waals surface area contributed by atoms with Crippen LogP contribution in [0.4, 0.5) is 0 Å². The third kappa shape index (κ3) is 2.95. The van der Waals surface area contributed by atoms with E-state index in [-0.39, 0.29) is 0 Å². The predicted molar refractivity (Wildman–Crippen MR) is 95.9 cm³/mol. The Kier molecular flexibility index (Phi) is 4.09. The third-order valence-electron chi connectivity index (χ3n) is 5.72. The van der Waals surface area contributed by atoms with E-state index in [1.165, 1.54) is 33.5 Å². The molecule has 0 aliphatic carbocycles. The number of likely N-dealkylation sites (tertiary alicyclic amines) is 1. The minimum absolute atomic E-state index is 0.322. The molecular formula is C20H28N3O+. The van der Waals surface area contributed by atoms with Gasteiger partial charge in [-0.25, -0.2) is 0 Å². The van der Waals surface area contributed by atoms with Gasteiger partial charge >= 0.3 is 0 Å². The molecular weight excluding hydrogens is 298 g/mol. The molecule has 2 N–H and O–H groups in total. The second-order valence-electron chi connectivity index (χ2n) is 7.97. The van der Waals surface area contributed by atoms with Crippen LogP contribution in [-0.2, 0) is 17.8 Å². The lowest BCUT2D eigenvalue weighted by Crippen LogP contribution is -3.15. The first-order chi connectivity index (χ1) is 11.6. The Morgan fingerprint density at radius 1 is 1.25 bits per heavy atom. The van der Waals surface area contributed by atoms with Crippen molar-refractivity contribution < 1.29 is 9.69 Å². The van der Waals surface area contributed by atoms with Crippen LogP contribution in [0, 0.1) is 11.8 Å². The number of rotatable bonds is 2. The smallest absolute Gasteiger partial charge is 0.278 e. The monoisotopic (exact) mass is 326 g/mol. The molecule has 0 radical (unpaired) electrons. The van der Waals surface area contributed by atoms with Crippen LogP contribution in [0.3, 0.4) is 0 Å². The quantitative estimate of drug-likeness (QED) is 0.865. The topological polar surface area (TPSA) is 40.5 Å². The number of piperidine rings is 1. The van der Waals surface area contributed by atoms with Crippen molar-refractivity contribution >= 4 is 16.8 Å². The van der Waals surface area contributed by atoms with Crippen LogP contribution < -0.4 is 4.90 Å². The van der Waals surface area contributed by atoms with Crippen LogP contribution in [0.2, 0.25) is 0 Å². The molecule has 2 aliphatic heterocycles. The molecule has 1 aromatic carbocycles. The van der Waals surface area contributed by atoms with Crippen molar-refractivity contribution in [3.05, 3.63) is 35.5 Å². The SMILES string of the molecule is C[C@H]1C[C@H](C)C[NH+](CC(=O)N2CCc3[nH]c4ccccc4c3C2)C1. The Balaban J connectivity index is 1.47. The number of hydrogen-bond acceptors (Lipinski definition) is 1. The molecule has 2 aromatic rings. The van der Waals surface area contributed by atoms with E-state index in [0.29, 0.717) is 12.5 Å². The summed E-state index contributed by atoms with van der Waals surface area (Å²) >= 11 is 0. The first-order valence-electron chi connectivity index (χ1n) is 9.30. The minimum Gasteiger partial charge on any atom is -0.358 e. The van der Waals surface area contributed by atoms with Crippen LogP contribution in [-0.4, -0.2) is 42.0 Å². The van der Waals surface area contributed by atoms with Gasteiger partial charge < -0.3 is 14.8 Å². The van der Waals surface area contributed by atoms with Crippen molar-refractivity contribution in [1.29, 1.82) is 0 Å². The third-order valence-corrected chi connectivity index (χ3v) is 5.72. The lowest BCUT2D eigenvalue weighted by molar-refractivity contribution is -0.904. The number of amides is 1. The summed E-state index contributed by atoms with van der Waals surface area (Å²) in [6.07, 6.45) is 2.25. The molecule has 2 atom stereocenters. The molecule has 24 heavy (non-hydrogen) atoms. The maximum absolute atomic E-state index is 12.8. The summed E-state index contributed by atoms with van der Waals surface area (Å²) in [6.45, 7) is 9.18. The van der Waals surface area contributed by atoms with E-state index in [2.05, 4.69) is 48.0 Å². The van der Waals surface area contributed by atoms with Crippen molar-refractivity contribution in [2.45, 2.75) is 33.2 Å². The Labute approximate surface area is 143 Å². The molecule has 0 spiro atoms. The average molecular weight is 326 g/mol. The van der Waals surface area contributed by atoms with Crippen LogP contribution in [0.25, 0.3) is 10.9 Å². The number of nitrogens with one attached hydrogen (secondary N) is 2. The van der Waals surface area contributed by atoms with Crippen molar-refractivity contribution in [2.24, 2.45) is 11.8 Å². The second kappa shape index (κ2) is 6.25. The average Bonchev–Trinajstić information content (AvgIpc) is 2.91. The summed E-state index contributed by atoms with van der Waals surface area (Å²) < 4.78 is 0. The number of quaternary nitrogens is 1. The van der Waals surface area contributed by atoms with Gasteiger partial charge in [-0.3, -0.25) is 4.79 Å². The molecule has 0 bridgehead atoms. The summed E-state index contributed by atoms with van der Waals surface area (Å²) in [7, 11) is 0. The van der Waals surface area contributed by atoms with Crippen LogP contribution in [0.1, 0.15) is 31.5 Å². The number of aromatic amines is 1. The molecule has 2 aliphatic rings. The number of hydrogen-bond donors (Lipinski definition) is 2. The normalized spacial score (nSPS) is 27.2. The highest BCUT2D eigenvalue weighted by Crippen LogP contribution is 2.27. The van der Waals surface area contributed by atoms with Gasteiger partial charge in [-0.15, -0.1) is 0 Å². The summed E-state index contributed by atoms with van der Waals surface area (Å²) in [6, 6.07) is 8.44. The maximum atomic E-state index is 12.8. The standard InChI is InChI=1S/C20H27N3O/c1-14-9-15(2)11-22(10-14)13-20(24)23-8-7-19-17(12-23)16-5-3-4-6-18(16)21-19/h3-6,14-15,21H,7-13H2,1-2H3/p+1/t14-,15-/m0/s1. The van der Waals surface area contributed by atoms with Crippen LogP contribution in [0.15, 0.2) is 24.3 Å². The van der Waals surface area contributed by atoms with Crippen molar-refractivity contribution in [2.75, 3.05) is 26.2 Å². The van der Waals surface area contributed by atoms with Crippen LogP contribution in [0.5, 0.6) is 0 Å². The molecule has 4 heteroatoms. The fourth-order valence-electron chi connectivity index (χ4n) is 4.77. The first kappa shape index (κ1) is 15.7. The van der Waals surface area contributed by atoms with E-state index in [0.717, 1.165) is 44.4 Å². The second-order valence-corrected chi connectivity index (χ2v) is 7.97. The van der Waals surface area contributed by atoms with Crippen LogP contribution >= 0.6 is 0 Å². The van der Waals surface area contributed by atoms with E-state index >= 15 is 0 Å². The molecule has 0 saturated carbocycles. The number of carbonyl (C=O) groups excluding carboxylic acids is 1. The lowest BCUT2D eigenvalue weighted by Gasteiger charge is -2.34. The largest absolute Gasteiger partial charge is 0.358 e. The zero-order chi connectivity index (χ0) is 16.7. The van der Waals surface area contributed by atoms with E-state index < -0.39 is 0 Å². The summed E-state index contributed by atoms with van der Waals surface area (Å²) in [4.78, 5) is 19.9. The van der Waals surface area contributed by atoms with Gasteiger partial charge in [-0.05, 0) is 12.5 Å². The minimum atomic E-state index is 0.322. The fourth-order valence-corrected chi connectivity index (χ4v) is 4.77. The molecule has 128 valence electrons. The van der Waals surface area contributed by atoms with Crippen molar-refractivity contribution in [3.8, 4) is 0 Å². The highest BCUT2D eigenvalue weighted by Gasteiger charge is 2.30. The van der Waals surface area contributed by atoms with E-state index in [9.17, 15) is 4.79 Å². The van der Waals surface area contributed by atoms with Gasteiger partial charge in [-0.1, -0.05) is 32.0 Å². The van der Waals surface area contributed by atoms with Crippen molar-refractivity contribution in [3.63, 3.8) is 0 Å². The molecule has 1 fully saturated rings. The number of carbonyl (C=O) groups is 1. The number of nitrogens with zero attached hydrogens (tertiary/aromatic N) is 1. The number of fused-ring (bicyclic) bond motifs is 3. The van der Waals surface area contributed by atoms with Gasteiger partial charge in [0, 0.05) is 53.5 Å². The summed E-state index contributed by atoms with van der Waals surface area (Å²) in [5.74, 6) is 1.79. The summed E-state index contributed by atoms with van der Waals surface area (Å²) in [5, 5.41) is 1.28. The first-order valence-corrected chi connectivity index (χ1v) is 9.30. The fraction of sp³-hybridized carbons (Fsp3) is 0.550. The number of benzene rings is 1. The molecule has 4 rings (SSSR count). The van der Waals surface area contributed by atoms with Crippen molar-refractivity contribution in [1.82, 2.24) is 9.88 Å². The Bertz CT molecular complexity index is 740. The summed E-state index contributed by atoms with van der Waals surface area (Å²) in [5.41, 5.74) is 3.83. The maximum Gasteiger partial charge on any atom is 0.278 e. The van der Waals surface area contributed by atoms with Gasteiger partial charge in [0.25, 0.3) is 5.91 Å². The molecule has 4 nitrogen and oxygen atoms in total. The van der Waals surface area contributed by atoms with E-state index in [1.807, 2.05) is 0 Å². The number of para-hydroxylation sites is 1. The van der Waals surface area contributed by atoms with Gasteiger partial charge in [0.15, 0.2) is 6.54 Å². The van der Waals surface area contributed by atoms with E-state index in [1.54, 1.807) is 0 Å².